The molecule has 0 amide bonds. The molecule has 0 N–H and O–H groups in total. The second kappa shape index (κ2) is 11.2. The first-order valence-corrected chi connectivity index (χ1v) is 17.0. The Labute approximate surface area is 283 Å². The van der Waals surface area contributed by atoms with E-state index >= 15 is 0 Å². The van der Waals surface area contributed by atoms with Crippen molar-refractivity contribution in [3.05, 3.63) is 185 Å². The van der Waals surface area contributed by atoms with Crippen molar-refractivity contribution < 1.29 is 0 Å². The van der Waals surface area contributed by atoms with Crippen molar-refractivity contribution >= 4 is 17.1 Å². The number of aryl methyl sites for hydroxylation is 2. The minimum Gasteiger partial charge on any atom is -0.309 e. The highest BCUT2D eigenvalue weighted by Crippen LogP contribution is 2.56. The van der Waals surface area contributed by atoms with Crippen LogP contribution in [-0.2, 0) is 12.8 Å². The van der Waals surface area contributed by atoms with Crippen LogP contribution in [0.4, 0.5) is 17.1 Å². The summed E-state index contributed by atoms with van der Waals surface area (Å²) in [7, 11) is 0. The van der Waals surface area contributed by atoms with Crippen LogP contribution >= 0.6 is 0 Å². The molecule has 0 saturated carbocycles. The average Bonchev–Trinajstić information content (AvgIpc) is 3.69. The van der Waals surface area contributed by atoms with Gasteiger partial charge in [0.25, 0.3) is 0 Å². The van der Waals surface area contributed by atoms with Crippen molar-refractivity contribution in [1.82, 2.24) is 0 Å². The molecule has 2 aliphatic carbocycles. The number of hydrogen-bond acceptors (Lipinski definition) is 1. The van der Waals surface area contributed by atoms with E-state index in [0.29, 0.717) is 0 Å². The van der Waals surface area contributed by atoms with Gasteiger partial charge in [0.15, 0.2) is 0 Å². The number of rotatable bonds is 5. The van der Waals surface area contributed by atoms with Crippen LogP contribution in [0.2, 0.25) is 0 Å². The Hall–Kier alpha value is -5.66. The predicted molar refractivity (Wildman–Crippen MR) is 203 cm³/mol. The van der Waals surface area contributed by atoms with Gasteiger partial charge >= 0.3 is 0 Å². The highest BCUT2D eigenvalue weighted by Gasteiger charge is 2.34. The largest absolute Gasteiger partial charge is 0.309 e. The second-order valence-electron chi connectivity index (χ2n) is 13.4. The van der Waals surface area contributed by atoms with E-state index in [4.69, 9.17) is 0 Å². The fraction of sp³-hybridized carbons (Fsp3) is 0.106. The fourth-order valence-electron chi connectivity index (χ4n) is 8.21. The molecular formula is C47H37N. The van der Waals surface area contributed by atoms with Gasteiger partial charge in [-0.05, 0) is 111 Å². The molecule has 0 bridgehead atoms. The van der Waals surface area contributed by atoms with Gasteiger partial charge in [0, 0.05) is 24.1 Å². The molecule has 230 valence electrons. The van der Waals surface area contributed by atoms with Gasteiger partial charge < -0.3 is 4.90 Å². The van der Waals surface area contributed by atoms with Crippen LogP contribution in [0.3, 0.4) is 0 Å². The lowest BCUT2D eigenvalue weighted by Crippen LogP contribution is -2.18. The molecule has 0 fully saturated rings. The summed E-state index contributed by atoms with van der Waals surface area (Å²) in [5.41, 5.74) is 23.7. The van der Waals surface area contributed by atoms with Gasteiger partial charge in [-0.2, -0.15) is 0 Å². The summed E-state index contributed by atoms with van der Waals surface area (Å²) in [6, 6.07) is 53.9. The Morgan fingerprint density at radius 2 is 0.938 bits per heavy atom. The second-order valence-corrected chi connectivity index (χ2v) is 13.4. The third-order valence-corrected chi connectivity index (χ3v) is 10.6. The highest BCUT2D eigenvalue weighted by atomic mass is 15.2. The first kappa shape index (κ1) is 28.6. The van der Waals surface area contributed by atoms with Crippen LogP contribution in [0.1, 0.15) is 38.9 Å². The Morgan fingerprint density at radius 1 is 0.417 bits per heavy atom. The Morgan fingerprint density at radius 3 is 1.58 bits per heavy atom. The predicted octanol–water partition coefficient (Wildman–Crippen LogP) is 12.6. The molecule has 0 aromatic heterocycles. The molecule has 0 atom stereocenters. The lowest BCUT2D eigenvalue weighted by molar-refractivity contribution is 1.13. The molecule has 0 aliphatic heterocycles. The quantitative estimate of drug-likeness (QED) is 0.186. The maximum Gasteiger partial charge on any atom is 0.0588 e. The first-order chi connectivity index (χ1) is 23.6. The van der Waals surface area contributed by atoms with Crippen LogP contribution in [0.15, 0.2) is 146 Å². The Balaban J connectivity index is 1.47. The van der Waals surface area contributed by atoms with E-state index in [9.17, 15) is 0 Å². The van der Waals surface area contributed by atoms with Gasteiger partial charge in [0.1, 0.15) is 0 Å². The van der Waals surface area contributed by atoms with Crippen molar-refractivity contribution in [2.45, 2.75) is 33.6 Å². The van der Waals surface area contributed by atoms with Crippen LogP contribution in [0, 0.1) is 20.8 Å². The number of benzene rings is 7. The smallest absolute Gasteiger partial charge is 0.0588 e. The molecule has 1 heteroatoms. The zero-order valence-electron chi connectivity index (χ0n) is 27.7. The normalized spacial score (nSPS) is 12.3. The molecule has 7 aromatic rings. The van der Waals surface area contributed by atoms with Crippen LogP contribution in [0.5, 0.6) is 0 Å². The van der Waals surface area contributed by atoms with Crippen LogP contribution < -0.4 is 4.90 Å². The third kappa shape index (κ3) is 4.38. The van der Waals surface area contributed by atoms with Gasteiger partial charge in [0.2, 0.25) is 0 Å². The molecule has 1 nitrogen and oxygen atoms in total. The van der Waals surface area contributed by atoms with E-state index in [0.717, 1.165) is 12.8 Å². The highest BCUT2D eigenvalue weighted by molar-refractivity contribution is 6.05. The maximum atomic E-state index is 2.67. The summed E-state index contributed by atoms with van der Waals surface area (Å²) in [6.45, 7) is 6.88. The molecule has 9 rings (SSSR count). The molecule has 0 unspecified atom stereocenters. The minimum absolute atomic E-state index is 0.894. The van der Waals surface area contributed by atoms with E-state index in [-0.39, 0.29) is 0 Å². The van der Waals surface area contributed by atoms with Crippen LogP contribution in [0.25, 0.3) is 44.5 Å². The SMILES string of the molecule is Cc1ccccc1N(c1c(C)c(C)cc2c1Cc1ccccc1-2)c1c2c(cc(-c3ccccc3)c1-c1ccccc1)-c1ccccc1C2. The molecule has 2 aliphatic rings. The summed E-state index contributed by atoms with van der Waals surface area (Å²) in [5, 5.41) is 0. The van der Waals surface area contributed by atoms with Gasteiger partial charge in [-0.3, -0.25) is 0 Å². The number of anilines is 3. The monoisotopic (exact) mass is 615 g/mol. The lowest BCUT2D eigenvalue weighted by atomic mass is 9.86. The van der Waals surface area contributed by atoms with Gasteiger partial charge in [-0.25, -0.2) is 0 Å². The van der Waals surface area contributed by atoms with E-state index in [1.54, 1.807) is 0 Å². The number of nitrogens with zero attached hydrogens (tertiary/aromatic N) is 1. The Kier molecular flexibility index (Phi) is 6.69. The maximum absolute atomic E-state index is 2.67. The van der Waals surface area contributed by atoms with E-state index in [2.05, 4.69) is 171 Å². The first-order valence-electron chi connectivity index (χ1n) is 17.0. The third-order valence-electron chi connectivity index (χ3n) is 10.6. The van der Waals surface area contributed by atoms with Crippen molar-refractivity contribution in [3.63, 3.8) is 0 Å². The lowest BCUT2D eigenvalue weighted by Gasteiger charge is -2.35. The summed E-state index contributed by atoms with van der Waals surface area (Å²) < 4.78 is 0. The Bertz CT molecular complexity index is 2360. The number of para-hydroxylation sites is 1. The summed E-state index contributed by atoms with van der Waals surface area (Å²) in [4.78, 5) is 2.67. The fourth-order valence-corrected chi connectivity index (χ4v) is 8.21. The van der Waals surface area contributed by atoms with Crippen molar-refractivity contribution in [2.75, 3.05) is 4.90 Å². The van der Waals surface area contributed by atoms with Gasteiger partial charge in [-0.15, -0.1) is 0 Å². The molecule has 7 aromatic carbocycles. The minimum atomic E-state index is 0.894. The zero-order chi connectivity index (χ0) is 32.4. The molecule has 48 heavy (non-hydrogen) atoms. The number of hydrogen-bond donors (Lipinski definition) is 0. The molecular weight excluding hydrogens is 579 g/mol. The van der Waals surface area contributed by atoms with E-state index in [1.165, 1.54) is 101 Å². The van der Waals surface area contributed by atoms with Gasteiger partial charge in [0.05, 0.1) is 11.4 Å². The average molecular weight is 616 g/mol. The molecule has 0 spiro atoms. The summed E-state index contributed by atoms with van der Waals surface area (Å²) in [5.74, 6) is 0. The van der Waals surface area contributed by atoms with E-state index in [1.807, 2.05) is 0 Å². The zero-order valence-corrected chi connectivity index (χ0v) is 27.7. The van der Waals surface area contributed by atoms with Crippen molar-refractivity contribution in [2.24, 2.45) is 0 Å². The van der Waals surface area contributed by atoms with Gasteiger partial charge in [-0.1, -0.05) is 133 Å². The van der Waals surface area contributed by atoms with Crippen LogP contribution in [-0.4, -0.2) is 0 Å². The molecule has 0 radical (unpaired) electrons. The van der Waals surface area contributed by atoms with Crippen molar-refractivity contribution in [3.8, 4) is 44.5 Å². The standard InChI is InChI=1S/C47H37N/c1-30-16-10-15-25-44(30)48(46-32(3)31(2)26-40-37-23-13-11-21-35(37)27-42(40)46)47-43-28-36-22-12-14-24-38(36)41(43)29-39(33-17-6-4-7-18-33)45(47)34-19-8-5-9-20-34/h4-26,29H,27-28H2,1-3H3. The molecule has 0 saturated heterocycles. The number of fused-ring (bicyclic) bond motifs is 6. The summed E-state index contributed by atoms with van der Waals surface area (Å²) >= 11 is 0. The van der Waals surface area contributed by atoms with E-state index < -0.39 is 0 Å². The topological polar surface area (TPSA) is 3.24 Å². The van der Waals surface area contributed by atoms with Crippen molar-refractivity contribution in [1.29, 1.82) is 0 Å². The molecule has 0 heterocycles. The summed E-state index contributed by atoms with van der Waals surface area (Å²) in [6.07, 6.45) is 1.82.